The number of aromatic nitrogens is 3. The number of pyridine rings is 1. The lowest BCUT2D eigenvalue weighted by atomic mass is 10.2. The van der Waals surface area contributed by atoms with Crippen LogP contribution >= 0.6 is 15.9 Å². The van der Waals surface area contributed by atoms with Gasteiger partial charge in [-0.05, 0) is 15.9 Å². The second kappa shape index (κ2) is 2.20. The highest BCUT2D eigenvalue weighted by atomic mass is 79.9. The monoisotopic (exact) mass is 213 g/mol. The zero-order valence-corrected chi connectivity index (χ0v) is 6.98. The molecule has 0 unspecified atom stereocenters. The van der Waals surface area contributed by atoms with Crippen molar-refractivity contribution in [2.45, 2.75) is 0 Å². The molecule has 2 rings (SSSR count). The van der Waals surface area contributed by atoms with Crippen molar-refractivity contribution in [1.29, 1.82) is 0 Å². The maximum Gasteiger partial charge on any atom is 0.112 e. The number of rotatable bonds is 0. The summed E-state index contributed by atoms with van der Waals surface area (Å²) in [7, 11) is 0. The van der Waals surface area contributed by atoms with E-state index in [1.54, 1.807) is 12.4 Å². The molecule has 11 heavy (non-hydrogen) atoms. The van der Waals surface area contributed by atoms with Crippen molar-refractivity contribution in [2.75, 3.05) is 0 Å². The van der Waals surface area contributed by atoms with Crippen molar-refractivity contribution in [3.8, 4) is 11.3 Å². The summed E-state index contributed by atoms with van der Waals surface area (Å²) in [6.45, 7) is 0. The summed E-state index contributed by atoms with van der Waals surface area (Å²) in [6, 6.07) is 0. The molecule has 5 heteroatoms. The van der Waals surface area contributed by atoms with E-state index in [0.717, 1.165) is 20.5 Å². The van der Waals surface area contributed by atoms with Crippen LogP contribution in [0.5, 0.6) is 0 Å². The molecule has 0 radical (unpaired) electrons. The predicted molar refractivity (Wildman–Crippen MR) is 41.5 cm³/mol. The van der Waals surface area contributed by atoms with Gasteiger partial charge in [-0.1, -0.05) is 0 Å². The highest BCUT2D eigenvalue weighted by molar-refractivity contribution is 9.10. The third-order valence-corrected chi connectivity index (χ3v) is 1.95. The minimum Gasteiger partial charge on any atom is -0.429 e. The summed E-state index contributed by atoms with van der Waals surface area (Å²) in [5, 5.41) is 16.6. The van der Waals surface area contributed by atoms with Crippen molar-refractivity contribution in [3.05, 3.63) is 23.1 Å². The van der Waals surface area contributed by atoms with Gasteiger partial charge in [-0.3, -0.25) is 0 Å². The molecule has 0 amide bonds. The number of hydrogen-bond donors (Lipinski definition) is 1. The van der Waals surface area contributed by atoms with E-state index in [9.17, 15) is 0 Å². The van der Waals surface area contributed by atoms with Gasteiger partial charge >= 0.3 is 0 Å². The molecule has 0 aromatic heterocycles. The standard InChI is InChI=1S/C6H4BrN3O/c7-5-3-10(11)2-4-1-8-9-6(4)5/h1-3,11H. The SMILES string of the molecule is On1cc2cnnc-2c(Br)c1. The second-order valence-corrected chi connectivity index (χ2v) is 2.99. The van der Waals surface area contributed by atoms with E-state index in [1.807, 2.05) is 0 Å². The van der Waals surface area contributed by atoms with Gasteiger partial charge in [-0.2, -0.15) is 5.10 Å². The van der Waals surface area contributed by atoms with Crippen molar-refractivity contribution in [1.82, 2.24) is 14.9 Å². The Bertz CT molecular complexity index is 359. The number of hydrogen-bond acceptors (Lipinski definition) is 3. The molecule has 2 aliphatic rings. The number of nitrogens with zero attached hydrogens (tertiary/aromatic N) is 3. The lowest BCUT2D eigenvalue weighted by molar-refractivity contribution is 0.184. The van der Waals surface area contributed by atoms with E-state index < -0.39 is 0 Å². The van der Waals surface area contributed by atoms with Gasteiger partial charge in [-0.15, -0.1) is 5.10 Å². The van der Waals surface area contributed by atoms with Crippen molar-refractivity contribution in [3.63, 3.8) is 0 Å². The normalized spacial score (nSPS) is 10.6. The molecule has 0 atom stereocenters. The minimum atomic E-state index is 0.731. The van der Waals surface area contributed by atoms with E-state index in [1.165, 1.54) is 6.20 Å². The summed E-state index contributed by atoms with van der Waals surface area (Å²) in [6.07, 6.45) is 4.64. The molecule has 0 aromatic carbocycles. The van der Waals surface area contributed by atoms with Crippen LogP contribution < -0.4 is 0 Å². The van der Waals surface area contributed by atoms with Crippen LogP contribution in [0.1, 0.15) is 0 Å². The van der Waals surface area contributed by atoms with E-state index in [4.69, 9.17) is 5.21 Å². The van der Waals surface area contributed by atoms with Crippen LogP contribution in [0.15, 0.2) is 23.1 Å². The van der Waals surface area contributed by atoms with Crippen molar-refractivity contribution in [2.24, 2.45) is 0 Å². The van der Waals surface area contributed by atoms with Crippen molar-refractivity contribution >= 4 is 15.9 Å². The van der Waals surface area contributed by atoms with Crippen LogP contribution in [0.4, 0.5) is 0 Å². The highest BCUT2D eigenvalue weighted by Crippen LogP contribution is 2.26. The summed E-state index contributed by atoms with van der Waals surface area (Å²) in [4.78, 5) is 0. The molecule has 2 aliphatic heterocycles. The summed E-state index contributed by atoms with van der Waals surface area (Å²) >= 11 is 3.24. The highest BCUT2D eigenvalue weighted by Gasteiger charge is 2.09. The topological polar surface area (TPSA) is 50.9 Å². The van der Waals surface area contributed by atoms with Crippen molar-refractivity contribution < 1.29 is 5.21 Å². The number of halogens is 1. The van der Waals surface area contributed by atoms with Crippen LogP contribution in [-0.4, -0.2) is 20.1 Å². The van der Waals surface area contributed by atoms with Gasteiger partial charge in [0, 0.05) is 5.56 Å². The van der Waals surface area contributed by atoms with Gasteiger partial charge in [0.1, 0.15) is 5.69 Å². The Hall–Kier alpha value is -1.10. The molecule has 0 bridgehead atoms. The van der Waals surface area contributed by atoms with Crippen LogP contribution in [0.25, 0.3) is 11.3 Å². The first-order valence-electron chi connectivity index (χ1n) is 2.95. The molecule has 0 fully saturated rings. The van der Waals surface area contributed by atoms with Gasteiger partial charge < -0.3 is 5.21 Å². The first-order chi connectivity index (χ1) is 5.27. The Labute approximate surface area is 70.9 Å². The fourth-order valence-corrected chi connectivity index (χ4v) is 1.42. The molecule has 0 saturated carbocycles. The molecule has 56 valence electrons. The maximum atomic E-state index is 9.06. The van der Waals surface area contributed by atoms with Crippen LogP contribution in [0.2, 0.25) is 0 Å². The van der Waals surface area contributed by atoms with Gasteiger partial charge in [0.05, 0.1) is 23.1 Å². The third-order valence-electron chi connectivity index (χ3n) is 1.37. The molecular formula is C6H4BrN3O. The van der Waals surface area contributed by atoms with E-state index in [0.29, 0.717) is 0 Å². The fourth-order valence-electron chi connectivity index (χ4n) is 0.905. The fraction of sp³-hybridized carbons (Fsp3) is 0. The lowest BCUT2D eigenvalue weighted by Crippen LogP contribution is -1.93. The molecular weight excluding hydrogens is 210 g/mol. The Morgan fingerprint density at radius 1 is 1.45 bits per heavy atom. The molecule has 0 saturated heterocycles. The molecule has 0 aromatic rings. The quantitative estimate of drug-likeness (QED) is 0.674. The van der Waals surface area contributed by atoms with Gasteiger partial charge in [-0.25, -0.2) is 4.73 Å². The maximum absolute atomic E-state index is 9.06. The Morgan fingerprint density at radius 3 is 3.09 bits per heavy atom. The van der Waals surface area contributed by atoms with E-state index >= 15 is 0 Å². The van der Waals surface area contributed by atoms with Crippen LogP contribution in [0, 0.1) is 0 Å². The van der Waals surface area contributed by atoms with Crippen LogP contribution in [-0.2, 0) is 0 Å². The Balaban J connectivity index is 2.79. The molecule has 0 aliphatic carbocycles. The average molecular weight is 214 g/mol. The summed E-state index contributed by atoms with van der Waals surface area (Å²) < 4.78 is 1.70. The van der Waals surface area contributed by atoms with E-state index in [2.05, 4.69) is 26.1 Å². The second-order valence-electron chi connectivity index (χ2n) is 2.13. The number of fused-ring (bicyclic) bond motifs is 1. The summed E-state index contributed by atoms with van der Waals surface area (Å²) in [5.41, 5.74) is 1.57. The first kappa shape index (κ1) is 6.60. The smallest absolute Gasteiger partial charge is 0.112 e. The Kier molecular flexibility index (Phi) is 1.32. The summed E-state index contributed by atoms with van der Waals surface area (Å²) in [5.74, 6) is 0. The predicted octanol–water partition coefficient (Wildman–Crippen LogP) is 1.38. The van der Waals surface area contributed by atoms with E-state index in [-0.39, 0.29) is 0 Å². The lowest BCUT2D eigenvalue weighted by Gasteiger charge is -2.01. The molecule has 1 N–H and O–H groups in total. The zero-order chi connectivity index (χ0) is 7.84. The average Bonchev–Trinajstić information content (AvgIpc) is 2.34. The van der Waals surface area contributed by atoms with Crippen LogP contribution in [0.3, 0.4) is 0 Å². The zero-order valence-electron chi connectivity index (χ0n) is 5.40. The van der Waals surface area contributed by atoms with Gasteiger partial charge in [0.15, 0.2) is 0 Å². The molecule has 2 heterocycles. The molecule has 4 nitrogen and oxygen atoms in total. The largest absolute Gasteiger partial charge is 0.429 e. The third kappa shape index (κ3) is 0.970. The van der Waals surface area contributed by atoms with Gasteiger partial charge in [0.25, 0.3) is 0 Å². The first-order valence-corrected chi connectivity index (χ1v) is 3.75. The van der Waals surface area contributed by atoms with Gasteiger partial charge in [0.2, 0.25) is 0 Å². The molecule has 0 spiro atoms. The Morgan fingerprint density at radius 2 is 2.27 bits per heavy atom. The minimum absolute atomic E-state index is 0.731.